The van der Waals surface area contributed by atoms with E-state index in [1.165, 1.54) is 0 Å². The van der Waals surface area contributed by atoms with Gasteiger partial charge in [-0.3, -0.25) is 0 Å². The van der Waals surface area contributed by atoms with Crippen molar-refractivity contribution in [1.29, 1.82) is 5.26 Å². The van der Waals surface area contributed by atoms with Crippen molar-refractivity contribution in [2.24, 2.45) is 0 Å². The maximum atomic E-state index is 8.62. The number of thiol groups is 1. The van der Waals surface area contributed by atoms with Gasteiger partial charge in [0.1, 0.15) is 0 Å². The second-order valence-electron chi connectivity index (χ2n) is 2.85. The van der Waals surface area contributed by atoms with Gasteiger partial charge in [-0.2, -0.15) is 5.26 Å². The first-order valence-corrected chi connectivity index (χ1v) is 5.63. The minimum atomic E-state index is 0.412. The van der Waals surface area contributed by atoms with E-state index in [9.17, 15) is 0 Å². The van der Waals surface area contributed by atoms with Crippen LogP contribution in [0.4, 0.5) is 0 Å². The highest BCUT2D eigenvalue weighted by molar-refractivity contribution is 7.80. The third-order valence-electron chi connectivity index (χ3n) is 1.93. The predicted molar refractivity (Wildman–Crippen MR) is 63.4 cm³/mol. The average Bonchev–Trinajstić information content (AvgIpc) is 2.46. The van der Waals surface area contributed by atoms with Gasteiger partial charge in [-0.05, 0) is 18.2 Å². The molecule has 0 aliphatic rings. The van der Waals surface area contributed by atoms with Crippen molar-refractivity contribution in [2.75, 3.05) is 0 Å². The first-order chi connectivity index (χ1) is 6.72. The van der Waals surface area contributed by atoms with E-state index in [2.05, 4.69) is 18.7 Å². The van der Waals surface area contributed by atoms with Crippen LogP contribution in [0.25, 0.3) is 10.1 Å². The number of fused-ring (bicyclic) bond motifs is 1. The van der Waals surface area contributed by atoms with E-state index in [0.717, 1.165) is 19.9 Å². The molecule has 0 saturated heterocycles. The van der Waals surface area contributed by atoms with Gasteiger partial charge in [-0.25, -0.2) is 0 Å². The third kappa shape index (κ3) is 1.61. The van der Waals surface area contributed by atoms with Crippen molar-refractivity contribution in [3.63, 3.8) is 0 Å². The molecule has 0 spiro atoms. The van der Waals surface area contributed by atoms with E-state index in [1.54, 1.807) is 11.3 Å². The van der Waals surface area contributed by atoms with Gasteiger partial charge < -0.3 is 0 Å². The predicted octanol–water partition coefficient (Wildman–Crippen LogP) is 3.91. The largest absolute Gasteiger partial charge is 0.198 e. The van der Waals surface area contributed by atoms with Crippen LogP contribution in [0, 0.1) is 11.3 Å². The molecule has 2 aromatic rings. The van der Waals surface area contributed by atoms with Crippen molar-refractivity contribution in [2.45, 2.75) is 11.3 Å². The summed E-state index contributed by atoms with van der Waals surface area (Å²) < 4.78 is 1.13. The zero-order valence-corrected chi connectivity index (χ0v) is 9.59. The maximum Gasteiger partial charge on any atom is 0.0707 e. The molecular formula is C10H6ClNS2. The number of nitriles is 1. The quantitative estimate of drug-likeness (QED) is 0.750. The van der Waals surface area contributed by atoms with Crippen molar-refractivity contribution in [1.82, 2.24) is 0 Å². The molecule has 0 unspecified atom stereocenters. The summed E-state index contributed by atoms with van der Waals surface area (Å²) in [5, 5.41) is 10.4. The molecule has 14 heavy (non-hydrogen) atoms. The van der Waals surface area contributed by atoms with Gasteiger partial charge in [-0.1, -0.05) is 11.6 Å². The summed E-state index contributed by atoms with van der Waals surface area (Å²) in [5.41, 5.74) is 0. The molecule has 0 aliphatic heterocycles. The SMILES string of the molecule is N#CCc1sc2ccc(Cl)cc2c1S. The molecule has 0 saturated carbocycles. The lowest BCUT2D eigenvalue weighted by atomic mass is 10.2. The maximum absolute atomic E-state index is 8.62. The number of benzene rings is 1. The molecule has 0 aliphatic carbocycles. The fourth-order valence-electron chi connectivity index (χ4n) is 1.30. The second kappa shape index (κ2) is 3.82. The van der Waals surface area contributed by atoms with Gasteiger partial charge in [0.2, 0.25) is 0 Å². The summed E-state index contributed by atoms with van der Waals surface area (Å²) in [6.45, 7) is 0. The first kappa shape index (κ1) is 9.85. The fourth-order valence-corrected chi connectivity index (χ4v) is 2.96. The summed E-state index contributed by atoms with van der Waals surface area (Å²) in [4.78, 5) is 1.89. The third-order valence-corrected chi connectivity index (χ3v) is 4.00. The van der Waals surface area contributed by atoms with Crippen molar-refractivity contribution in [3.05, 3.63) is 28.1 Å². The number of rotatable bonds is 1. The Kier molecular flexibility index (Phi) is 2.69. The van der Waals surface area contributed by atoms with Gasteiger partial charge in [0, 0.05) is 24.9 Å². The molecule has 0 bridgehead atoms. The van der Waals surface area contributed by atoms with Gasteiger partial charge in [0.15, 0.2) is 0 Å². The van der Waals surface area contributed by atoms with Crippen LogP contribution < -0.4 is 0 Å². The van der Waals surface area contributed by atoms with Gasteiger partial charge in [0.25, 0.3) is 0 Å². The summed E-state index contributed by atoms with van der Waals surface area (Å²) in [6, 6.07) is 7.83. The molecule has 1 heterocycles. The molecule has 0 fully saturated rings. The van der Waals surface area contributed by atoms with Crippen LogP contribution in [0.2, 0.25) is 5.02 Å². The molecule has 0 radical (unpaired) electrons. The molecule has 4 heteroatoms. The van der Waals surface area contributed by atoms with Crippen LogP contribution in [0.5, 0.6) is 0 Å². The van der Waals surface area contributed by atoms with Crippen LogP contribution in [-0.2, 0) is 6.42 Å². The van der Waals surface area contributed by atoms with Crippen LogP contribution in [0.3, 0.4) is 0 Å². The topological polar surface area (TPSA) is 23.8 Å². The standard InChI is InChI=1S/C10H6ClNS2/c11-6-1-2-8-7(5-6)10(13)9(14-8)3-4-12/h1-2,5,13H,3H2. The van der Waals surface area contributed by atoms with Crippen LogP contribution in [0.15, 0.2) is 23.1 Å². The molecule has 1 aromatic carbocycles. The minimum Gasteiger partial charge on any atom is -0.198 e. The molecule has 1 nitrogen and oxygen atoms in total. The van der Waals surface area contributed by atoms with E-state index in [-0.39, 0.29) is 0 Å². The Morgan fingerprint density at radius 3 is 3.00 bits per heavy atom. The Morgan fingerprint density at radius 2 is 2.29 bits per heavy atom. The van der Waals surface area contributed by atoms with E-state index in [4.69, 9.17) is 16.9 Å². The van der Waals surface area contributed by atoms with Gasteiger partial charge >= 0.3 is 0 Å². The van der Waals surface area contributed by atoms with E-state index < -0.39 is 0 Å². The molecular weight excluding hydrogens is 234 g/mol. The van der Waals surface area contributed by atoms with Crippen LogP contribution >= 0.6 is 35.6 Å². The second-order valence-corrected chi connectivity index (χ2v) is 4.87. The smallest absolute Gasteiger partial charge is 0.0707 e. The summed E-state index contributed by atoms with van der Waals surface area (Å²) in [6.07, 6.45) is 0.412. The Bertz CT molecular complexity index is 525. The monoisotopic (exact) mass is 239 g/mol. The first-order valence-electron chi connectivity index (χ1n) is 3.99. The number of thiophene rings is 1. The van der Waals surface area contributed by atoms with Crippen LogP contribution in [0.1, 0.15) is 4.88 Å². The van der Waals surface area contributed by atoms with Crippen molar-refractivity contribution in [3.8, 4) is 6.07 Å². The summed E-state index contributed by atoms with van der Waals surface area (Å²) in [7, 11) is 0. The molecule has 70 valence electrons. The Labute approximate surface area is 96.3 Å². The van der Waals surface area contributed by atoms with E-state index in [1.807, 2.05) is 18.2 Å². The number of hydrogen-bond donors (Lipinski definition) is 1. The fraction of sp³-hybridized carbons (Fsp3) is 0.100. The summed E-state index contributed by atoms with van der Waals surface area (Å²) >= 11 is 11.9. The number of hydrogen-bond acceptors (Lipinski definition) is 3. The average molecular weight is 240 g/mol. The Morgan fingerprint density at radius 1 is 1.50 bits per heavy atom. The van der Waals surface area contributed by atoms with Gasteiger partial charge in [0.05, 0.1) is 12.5 Å². The van der Waals surface area contributed by atoms with Crippen molar-refractivity contribution >= 4 is 45.7 Å². The van der Waals surface area contributed by atoms with Crippen LogP contribution in [-0.4, -0.2) is 0 Å². The lowest BCUT2D eigenvalue weighted by Gasteiger charge is -1.92. The number of halogens is 1. The molecule has 0 atom stereocenters. The molecule has 0 amide bonds. The number of nitrogens with zero attached hydrogens (tertiary/aromatic N) is 1. The van der Waals surface area contributed by atoms with Gasteiger partial charge in [-0.15, -0.1) is 24.0 Å². The summed E-state index contributed by atoms with van der Waals surface area (Å²) in [5.74, 6) is 0. The highest BCUT2D eigenvalue weighted by atomic mass is 35.5. The van der Waals surface area contributed by atoms with E-state index >= 15 is 0 Å². The molecule has 1 aromatic heterocycles. The minimum absolute atomic E-state index is 0.412. The lowest BCUT2D eigenvalue weighted by Crippen LogP contribution is -1.74. The zero-order valence-electron chi connectivity index (χ0n) is 7.12. The Hall–Kier alpha value is -0.690. The highest BCUT2D eigenvalue weighted by Crippen LogP contribution is 2.35. The lowest BCUT2D eigenvalue weighted by molar-refractivity contribution is 1.27. The molecule has 0 N–H and O–H groups in total. The highest BCUT2D eigenvalue weighted by Gasteiger charge is 2.08. The van der Waals surface area contributed by atoms with E-state index in [0.29, 0.717) is 11.4 Å². The molecule has 2 rings (SSSR count). The Balaban J connectivity index is 2.69. The normalized spacial score (nSPS) is 10.4. The van der Waals surface area contributed by atoms with Crippen molar-refractivity contribution < 1.29 is 0 Å². The zero-order chi connectivity index (χ0) is 10.1.